The van der Waals surface area contributed by atoms with E-state index >= 15 is 0 Å². The van der Waals surface area contributed by atoms with Crippen molar-refractivity contribution < 1.29 is 14.3 Å². The third kappa shape index (κ3) is 2.94. The second kappa shape index (κ2) is 5.13. The number of hydrogen-bond acceptors (Lipinski definition) is 3. The molecule has 0 fully saturated rings. The fourth-order valence-corrected chi connectivity index (χ4v) is 1.44. The molecule has 0 aliphatic heterocycles. The molecule has 0 heterocycles. The summed E-state index contributed by atoms with van der Waals surface area (Å²) >= 11 is 16.5. The maximum absolute atomic E-state index is 11.7. The van der Waals surface area contributed by atoms with Gasteiger partial charge in [0, 0.05) is 6.07 Å². The zero-order chi connectivity index (χ0) is 12.3. The van der Waals surface area contributed by atoms with Crippen LogP contribution in [0.4, 0.5) is 0 Å². The molecule has 1 rings (SSSR count). The van der Waals surface area contributed by atoms with E-state index in [0.29, 0.717) is 11.5 Å². The molecule has 0 aliphatic rings. The third-order valence-electron chi connectivity index (χ3n) is 1.91. The number of Topliss-reactive ketones (excluding diaryl/α,β-unsaturated/α-hetero) is 1. The molecule has 0 unspecified atom stereocenters. The lowest BCUT2D eigenvalue weighted by Crippen LogP contribution is -2.19. The van der Waals surface area contributed by atoms with Crippen molar-refractivity contribution in [1.82, 2.24) is 0 Å². The minimum absolute atomic E-state index is 0.198. The highest BCUT2D eigenvalue weighted by atomic mass is 35.6. The normalized spacial score (nSPS) is 11.1. The van der Waals surface area contributed by atoms with Crippen molar-refractivity contribution in [2.75, 3.05) is 14.2 Å². The number of ether oxygens (including phenoxy) is 2. The molecule has 0 bridgehead atoms. The van der Waals surface area contributed by atoms with Gasteiger partial charge in [0.05, 0.1) is 19.8 Å². The molecule has 0 N–H and O–H groups in total. The molecule has 1 aromatic carbocycles. The number of hydrogen-bond donors (Lipinski definition) is 0. The first kappa shape index (κ1) is 13.4. The maximum Gasteiger partial charge on any atom is 0.253 e. The van der Waals surface area contributed by atoms with Gasteiger partial charge in [-0.3, -0.25) is 4.79 Å². The predicted octanol–water partition coefficient (Wildman–Crippen LogP) is 3.26. The first-order chi connectivity index (χ1) is 7.40. The van der Waals surface area contributed by atoms with E-state index in [1.807, 2.05) is 0 Å². The number of ketones is 1. The Morgan fingerprint density at radius 3 is 2.25 bits per heavy atom. The molecular formula is C10H9Cl3O3. The van der Waals surface area contributed by atoms with Crippen LogP contribution in [0.2, 0.25) is 0 Å². The van der Waals surface area contributed by atoms with Crippen LogP contribution in [-0.4, -0.2) is 23.8 Å². The van der Waals surface area contributed by atoms with Crippen molar-refractivity contribution in [3.8, 4) is 11.5 Å². The van der Waals surface area contributed by atoms with Crippen molar-refractivity contribution in [3.63, 3.8) is 0 Å². The second-order valence-electron chi connectivity index (χ2n) is 2.89. The topological polar surface area (TPSA) is 35.5 Å². The van der Waals surface area contributed by atoms with Gasteiger partial charge in [-0.2, -0.15) is 0 Å². The lowest BCUT2D eigenvalue weighted by Gasteiger charge is -2.13. The minimum Gasteiger partial charge on any atom is -0.497 e. The average Bonchev–Trinajstić information content (AvgIpc) is 2.26. The van der Waals surface area contributed by atoms with Crippen molar-refractivity contribution in [2.24, 2.45) is 0 Å². The molecule has 16 heavy (non-hydrogen) atoms. The Bertz CT molecular complexity index is 399. The van der Waals surface area contributed by atoms with E-state index in [2.05, 4.69) is 0 Å². The highest BCUT2D eigenvalue weighted by molar-refractivity contribution is 6.77. The van der Waals surface area contributed by atoms with Crippen LogP contribution in [0.1, 0.15) is 10.4 Å². The fraction of sp³-hybridized carbons (Fsp3) is 0.300. The molecule has 0 aliphatic carbocycles. The van der Waals surface area contributed by atoms with Crippen LogP contribution < -0.4 is 9.47 Å². The predicted molar refractivity (Wildman–Crippen MR) is 64.2 cm³/mol. The van der Waals surface area contributed by atoms with E-state index in [9.17, 15) is 4.79 Å². The van der Waals surface area contributed by atoms with Gasteiger partial charge in [-0.25, -0.2) is 0 Å². The second-order valence-corrected chi connectivity index (χ2v) is 5.17. The summed E-state index contributed by atoms with van der Waals surface area (Å²) in [7, 11) is 2.93. The molecule has 0 amide bonds. The molecule has 0 aromatic heterocycles. The number of halogens is 3. The molecule has 3 nitrogen and oxygen atoms in total. The summed E-state index contributed by atoms with van der Waals surface area (Å²) < 4.78 is 8.02. The first-order valence-corrected chi connectivity index (χ1v) is 5.37. The highest BCUT2D eigenvalue weighted by Crippen LogP contribution is 2.35. The number of alkyl halides is 3. The third-order valence-corrected chi connectivity index (χ3v) is 2.43. The van der Waals surface area contributed by atoms with Crippen LogP contribution in [0.15, 0.2) is 18.2 Å². The Hall–Kier alpha value is -0.640. The van der Waals surface area contributed by atoms with Crippen molar-refractivity contribution in [2.45, 2.75) is 3.79 Å². The van der Waals surface area contributed by atoms with Gasteiger partial charge < -0.3 is 9.47 Å². The van der Waals surface area contributed by atoms with E-state index in [1.165, 1.54) is 20.3 Å². The Morgan fingerprint density at radius 2 is 1.81 bits per heavy atom. The van der Waals surface area contributed by atoms with Gasteiger partial charge in [0.15, 0.2) is 0 Å². The van der Waals surface area contributed by atoms with Crippen LogP contribution in [0.5, 0.6) is 11.5 Å². The number of rotatable bonds is 3. The number of benzene rings is 1. The van der Waals surface area contributed by atoms with Gasteiger partial charge in [-0.1, -0.05) is 34.8 Å². The van der Waals surface area contributed by atoms with Gasteiger partial charge in [0.1, 0.15) is 11.5 Å². The Kier molecular flexibility index (Phi) is 4.30. The molecule has 0 radical (unpaired) electrons. The van der Waals surface area contributed by atoms with Gasteiger partial charge in [0.25, 0.3) is 3.79 Å². The van der Waals surface area contributed by atoms with Crippen LogP contribution in [-0.2, 0) is 0 Å². The summed E-state index contributed by atoms with van der Waals surface area (Å²) in [5, 5.41) is 0. The van der Waals surface area contributed by atoms with Crippen LogP contribution in [0.3, 0.4) is 0 Å². The average molecular weight is 284 g/mol. The highest BCUT2D eigenvalue weighted by Gasteiger charge is 2.33. The van der Waals surface area contributed by atoms with Crippen molar-refractivity contribution in [1.29, 1.82) is 0 Å². The molecule has 1 aromatic rings. The molecule has 0 saturated carbocycles. The Balaban J connectivity index is 3.19. The smallest absolute Gasteiger partial charge is 0.253 e. The zero-order valence-corrected chi connectivity index (χ0v) is 10.9. The monoisotopic (exact) mass is 282 g/mol. The van der Waals surface area contributed by atoms with Crippen LogP contribution >= 0.6 is 34.8 Å². The van der Waals surface area contributed by atoms with Gasteiger partial charge in [0.2, 0.25) is 5.78 Å². The summed E-state index contributed by atoms with van der Waals surface area (Å²) in [4.78, 5) is 11.7. The molecule has 0 atom stereocenters. The van der Waals surface area contributed by atoms with Crippen molar-refractivity contribution in [3.05, 3.63) is 23.8 Å². The van der Waals surface area contributed by atoms with Gasteiger partial charge >= 0.3 is 0 Å². The van der Waals surface area contributed by atoms with Crippen LogP contribution in [0, 0.1) is 0 Å². The van der Waals surface area contributed by atoms with Crippen LogP contribution in [0.25, 0.3) is 0 Å². The summed E-state index contributed by atoms with van der Waals surface area (Å²) in [6.07, 6.45) is 0. The zero-order valence-electron chi connectivity index (χ0n) is 8.59. The van der Waals surface area contributed by atoms with Crippen molar-refractivity contribution >= 4 is 40.6 Å². The number of carbonyl (C=O) groups excluding carboxylic acids is 1. The fourth-order valence-electron chi connectivity index (χ4n) is 1.14. The number of carbonyl (C=O) groups is 1. The largest absolute Gasteiger partial charge is 0.497 e. The van der Waals surface area contributed by atoms with E-state index in [1.54, 1.807) is 12.1 Å². The van der Waals surface area contributed by atoms with E-state index < -0.39 is 9.58 Å². The summed E-state index contributed by atoms with van der Waals surface area (Å²) in [6.45, 7) is 0. The lowest BCUT2D eigenvalue weighted by atomic mass is 10.1. The Labute approximate surface area is 108 Å². The quantitative estimate of drug-likeness (QED) is 0.631. The molecule has 6 heteroatoms. The van der Waals surface area contributed by atoms with E-state index in [0.717, 1.165) is 0 Å². The molecule has 88 valence electrons. The minimum atomic E-state index is -2.00. The summed E-state index contributed by atoms with van der Waals surface area (Å²) in [5.41, 5.74) is 0.198. The number of methoxy groups -OCH3 is 2. The SMILES string of the molecule is COc1ccc(C(=O)C(Cl)(Cl)Cl)c(OC)c1. The summed E-state index contributed by atoms with van der Waals surface area (Å²) in [6, 6.07) is 4.62. The van der Waals surface area contributed by atoms with E-state index in [-0.39, 0.29) is 5.56 Å². The van der Waals surface area contributed by atoms with Gasteiger partial charge in [-0.05, 0) is 12.1 Å². The molecule has 0 saturated heterocycles. The first-order valence-electron chi connectivity index (χ1n) is 4.23. The summed E-state index contributed by atoms with van der Waals surface area (Å²) in [5.74, 6) is 0.213. The van der Waals surface area contributed by atoms with Gasteiger partial charge in [-0.15, -0.1) is 0 Å². The van der Waals surface area contributed by atoms with E-state index in [4.69, 9.17) is 44.3 Å². The maximum atomic E-state index is 11.7. The lowest BCUT2D eigenvalue weighted by molar-refractivity contribution is 0.0993. The molecule has 0 spiro atoms. The molecular weight excluding hydrogens is 274 g/mol. The standard InChI is InChI=1S/C10H9Cl3O3/c1-15-6-3-4-7(8(5-6)16-2)9(14)10(11,12)13/h3-5H,1-2H3. The Morgan fingerprint density at radius 1 is 1.19 bits per heavy atom.